The van der Waals surface area contributed by atoms with Crippen molar-refractivity contribution in [3.8, 4) is 5.75 Å². The number of likely N-dealkylation sites (tertiary alicyclic amines) is 1. The molecule has 6 heteroatoms. The van der Waals surface area contributed by atoms with E-state index in [4.69, 9.17) is 9.73 Å². The van der Waals surface area contributed by atoms with Crippen molar-refractivity contribution in [3.05, 3.63) is 29.8 Å². The van der Waals surface area contributed by atoms with Gasteiger partial charge < -0.3 is 20.3 Å². The fourth-order valence-corrected chi connectivity index (χ4v) is 3.18. The van der Waals surface area contributed by atoms with E-state index in [9.17, 15) is 4.79 Å². The van der Waals surface area contributed by atoms with E-state index in [1.165, 1.54) is 0 Å². The molecule has 1 unspecified atom stereocenters. The number of nitrogens with zero attached hydrogens (tertiary/aromatic N) is 2. The van der Waals surface area contributed by atoms with Gasteiger partial charge in [-0.2, -0.15) is 0 Å². The maximum atomic E-state index is 12.2. The fourth-order valence-electron chi connectivity index (χ4n) is 3.18. The van der Waals surface area contributed by atoms with Gasteiger partial charge in [-0.3, -0.25) is 4.79 Å². The number of nitrogens with one attached hydrogen (secondary N) is 2. The first-order valence-electron chi connectivity index (χ1n) is 10.3. The van der Waals surface area contributed by atoms with Crippen molar-refractivity contribution in [3.63, 3.8) is 0 Å². The third-order valence-electron chi connectivity index (χ3n) is 4.48. The smallest absolute Gasteiger partial charge is 0.225 e. The van der Waals surface area contributed by atoms with Gasteiger partial charge in [0.2, 0.25) is 5.91 Å². The highest BCUT2D eigenvalue weighted by Crippen LogP contribution is 2.23. The Morgan fingerprint density at radius 2 is 2.04 bits per heavy atom. The van der Waals surface area contributed by atoms with E-state index in [1.54, 1.807) is 0 Å². The molecule has 6 nitrogen and oxygen atoms in total. The van der Waals surface area contributed by atoms with Gasteiger partial charge in [0, 0.05) is 37.2 Å². The molecule has 0 aromatic heterocycles. The Kier molecular flexibility index (Phi) is 7.72. The molecule has 2 N–H and O–H groups in total. The van der Waals surface area contributed by atoms with Crippen molar-refractivity contribution in [2.24, 2.45) is 10.9 Å². The summed E-state index contributed by atoms with van der Waals surface area (Å²) in [6.45, 7) is 14.9. The van der Waals surface area contributed by atoms with Crippen molar-refractivity contribution in [1.82, 2.24) is 15.5 Å². The molecule has 0 aliphatic carbocycles. The van der Waals surface area contributed by atoms with E-state index < -0.39 is 0 Å². The number of ether oxygens (including phenoxy) is 1. The Balaban J connectivity index is 2.03. The first-order valence-corrected chi connectivity index (χ1v) is 10.3. The highest BCUT2D eigenvalue weighted by Gasteiger charge is 2.28. The van der Waals surface area contributed by atoms with Gasteiger partial charge in [0.25, 0.3) is 0 Å². The summed E-state index contributed by atoms with van der Waals surface area (Å²) in [6.07, 6.45) is 0.937. The zero-order valence-corrected chi connectivity index (χ0v) is 18.2. The van der Waals surface area contributed by atoms with Crippen LogP contribution in [-0.2, 0) is 11.3 Å². The number of aliphatic imine (C=N–C) groups is 1. The second-order valence-corrected chi connectivity index (χ2v) is 8.59. The average molecular weight is 389 g/mol. The second-order valence-electron chi connectivity index (χ2n) is 8.59. The van der Waals surface area contributed by atoms with E-state index in [0.29, 0.717) is 6.54 Å². The van der Waals surface area contributed by atoms with E-state index in [1.807, 2.05) is 63.8 Å². The minimum absolute atomic E-state index is 0.0416. The van der Waals surface area contributed by atoms with Gasteiger partial charge >= 0.3 is 0 Å². The predicted molar refractivity (Wildman–Crippen MR) is 115 cm³/mol. The highest BCUT2D eigenvalue weighted by atomic mass is 16.5. The quantitative estimate of drug-likeness (QED) is 0.580. The summed E-state index contributed by atoms with van der Waals surface area (Å²) in [7, 11) is 0. The van der Waals surface area contributed by atoms with Crippen LogP contribution >= 0.6 is 0 Å². The molecule has 1 aromatic rings. The molecule has 0 saturated carbocycles. The molecule has 1 aliphatic rings. The van der Waals surface area contributed by atoms with Crippen LogP contribution in [-0.4, -0.2) is 48.0 Å². The van der Waals surface area contributed by atoms with E-state index in [-0.39, 0.29) is 23.5 Å². The largest absolute Gasteiger partial charge is 0.488 e. The molecular formula is C22H36N4O2. The summed E-state index contributed by atoms with van der Waals surface area (Å²) >= 11 is 0. The number of rotatable bonds is 6. The molecule has 1 fully saturated rings. The summed E-state index contributed by atoms with van der Waals surface area (Å²) in [5, 5.41) is 6.79. The minimum atomic E-state index is -0.251. The van der Waals surface area contributed by atoms with Crippen molar-refractivity contribution in [1.29, 1.82) is 0 Å². The molecule has 1 atom stereocenters. The van der Waals surface area contributed by atoms with E-state index >= 15 is 0 Å². The molecular weight excluding hydrogens is 352 g/mol. The van der Waals surface area contributed by atoms with Crippen LogP contribution < -0.4 is 15.4 Å². The third kappa shape index (κ3) is 6.73. The van der Waals surface area contributed by atoms with E-state index in [2.05, 4.69) is 17.6 Å². The molecule has 0 spiro atoms. The maximum absolute atomic E-state index is 12.2. The summed E-state index contributed by atoms with van der Waals surface area (Å²) in [4.78, 5) is 18.9. The summed E-state index contributed by atoms with van der Waals surface area (Å²) in [5.41, 5.74) is 0.802. The number of guanidine groups is 1. The Morgan fingerprint density at radius 1 is 1.32 bits per heavy atom. The minimum Gasteiger partial charge on any atom is -0.488 e. The molecule has 0 bridgehead atoms. The van der Waals surface area contributed by atoms with Gasteiger partial charge in [0.15, 0.2) is 5.96 Å². The summed E-state index contributed by atoms with van der Waals surface area (Å²) < 4.78 is 6.07. The summed E-state index contributed by atoms with van der Waals surface area (Å²) in [6, 6.07) is 8.25. The van der Waals surface area contributed by atoms with Crippen molar-refractivity contribution in [2.75, 3.05) is 19.6 Å². The lowest BCUT2D eigenvalue weighted by Gasteiger charge is -2.23. The average Bonchev–Trinajstić information content (AvgIpc) is 3.07. The van der Waals surface area contributed by atoms with Gasteiger partial charge in [-0.1, -0.05) is 32.0 Å². The van der Waals surface area contributed by atoms with Crippen molar-refractivity contribution >= 4 is 11.9 Å². The monoisotopic (exact) mass is 388 g/mol. The zero-order chi connectivity index (χ0) is 20.7. The normalized spacial score (nSPS) is 17.8. The maximum Gasteiger partial charge on any atom is 0.225 e. The van der Waals surface area contributed by atoms with Crippen LogP contribution in [0, 0.1) is 5.92 Å². The van der Waals surface area contributed by atoms with E-state index in [0.717, 1.165) is 43.3 Å². The lowest BCUT2D eigenvalue weighted by molar-refractivity contribution is -0.133. The zero-order valence-electron chi connectivity index (χ0n) is 18.2. The molecule has 2 rings (SSSR count). The SMILES string of the molecule is CCNC(=NCc1ccccc1OC(C)(C)C)NC1CCN(C(=O)C(C)C)C1. The fraction of sp³-hybridized carbons (Fsp3) is 0.636. The highest BCUT2D eigenvalue weighted by molar-refractivity contribution is 5.81. The number of carbonyl (C=O) groups is 1. The molecule has 28 heavy (non-hydrogen) atoms. The Bertz CT molecular complexity index is 679. The molecule has 1 aromatic carbocycles. The van der Waals surface area contributed by atoms with Crippen LogP contribution in [0.15, 0.2) is 29.3 Å². The molecule has 1 saturated heterocycles. The Morgan fingerprint density at radius 3 is 2.68 bits per heavy atom. The van der Waals surface area contributed by atoms with Crippen LogP contribution in [0.1, 0.15) is 53.5 Å². The van der Waals surface area contributed by atoms with Crippen molar-refractivity contribution in [2.45, 2.75) is 66.2 Å². The number of benzene rings is 1. The van der Waals surface area contributed by atoms with Gasteiger partial charge in [0.05, 0.1) is 6.54 Å². The summed E-state index contributed by atoms with van der Waals surface area (Å²) in [5.74, 6) is 1.90. The van der Waals surface area contributed by atoms with Gasteiger partial charge in [-0.15, -0.1) is 0 Å². The molecule has 0 radical (unpaired) electrons. The second kappa shape index (κ2) is 9.80. The van der Waals surface area contributed by atoms with Crippen molar-refractivity contribution < 1.29 is 9.53 Å². The van der Waals surface area contributed by atoms with Crippen LogP contribution in [0.4, 0.5) is 0 Å². The topological polar surface area (TPSA) is 66.0 Å². The number of hydrogen-bond acceptors (Lipinski definition) is 3. The van der Waals surface area contributed by atoms with Gasteiger partial charge in [-0.05, 0) is 40.2 Å². The number of carbonyl (C=O) groups excluding carboxylic acids is 1. The van der Waals surface area contributed by atoms with Gasteiger partial charge in [-0.25, -0.2) is 4.99 Å². The predicted octanol–water partition coefficient (Wildman–Crippen LogP) is 3.18. The molecule has 1 amide bonds. The molecule has 1 aliphatic heterocycles. The van der Waals surface area contributed by atoms with Crippen LogP contribution in [0.3, 0.4) is 0 Å². The number of para-hydroxylation sites is 1. The molecule has 1 heterocycles. The Hall–Kier alpha value is -2.24. The van der Waals surface area contributed by atoms with Gasteiger partial charge in [0.1, 0.15) is 11.4 Å². The standard InChI is InChI=1S/C22H36N4O2/c1-7-23-21(25-18-12-13-26(15-18)20(27)16(2)3)24-14-17-10-8-9-11-19(17)28-22(4,5)6/h8-11,16,18H,7,12-15H2,1-6H3,(H2,23,24,25). The first kappa shape index (κ1) is 22.1. The van der Waals surface area contributed by atoms with Crippen LogP contribution in [0.25, 0.3) is 0 Å². The third-order valence-corrected chi connectivity index (χ3v) is 4.48. The lowest BCUT2D eigenvalue weighted by atomic mass is 10.1. The van der Waals surface area contributed by atoms with Crippen LogP contribution in [0.2, 0.25) is 0 Å². The number of hydrogen-bond donors (Lipinski definition) is 2. The lowest BCUT2D eigenvalue weighted by Crippen LogP contribution is -2.45. The Labute approximate surface area is 169 Å². The molecule has 156 valence electrons. The number of amides is 1. The first-order chi connectivity index (χ1) is 13.2. The van der Waals surface area contributed by atoms with Crippen LogP contribution in [0.5, 0.6) is 5.75 Å².